The van der Waals surface area contributed by atoms with Gasteiger partial charge in [-0.25, -0.2) is 8.42 Å². The Morgan fingerprint density at radius 3 is 2.37 bits per heavy atom. The van der Waals surface area contributed by atoms with Gasteiger partial charge in [0.2, 0.25) is 0 Å². The number of amides is 1. The minimum absolute atomic E-state index is 0.0870. The van der Waals surface area contributed by atoms with Crippen LogP contribution in [0.3, 0.4) is 0 Å². The molecule has 5 nitrogen and oxygen atoms in total. The molecule has 0 aromatic heterocycles. The molecule has 1 saturated heterocycles. The monoisotopic (exact) mass is 386 g/mol. The number of rotatable bonds is 4. The maximum Gasteiger partial charge on any atom is 0.261 e. The van der Waals surface area contributed by atoms with Crippen molar-refractivity contribution in [2.45, 2.75) is 44.9 Å². The van der Waals surface area contributed by atoms with E-state index in [1.165, 1.54) is 6.07 Å². The first-order valence-corrected chi connectivity index (χ1v) is 10.8. The molecule has 0 unspecified atom stereocenters. The van der Waals surface area contributed by atoms with Gasteiger partial charge in [0.15, 0.2) is 0 Å². The lowest BCUT2D eigenvalue weighted by atomic mass is 10.1. The molecule has 2 aromatic carbocycles. The van der Waals surface area contributed by atoms with Crippen LogP contribution in [0.15, 0.2) is 41.3 Å². The summed E-state index contributed by atoms with van der Waals surface area (Å²) < 4.78 is 28.4. The number of sulfonamides is 1. The van der Waals surface area contributed by atoms with Gasteiger partial charge in [-0.2, -0.15) is 0 Å². The van der Waals surface area contributed by atoms with E-state index in [-0.39, 0.29) is 10.8 Å². The van der Waals surface area contributed by atoms with E-state index >= 15 is 0 Å². The van der Waals surface area contributed by atoms with E-state index in [4.69, 9.17) is 0 Å². The zero-order valence-electron chi connectivity index (χ0n) is 16.1. The number of nitrogens with zero attached hydrogens (tertiary/aromatic N) is 1. The van der Waals surface area contributed by atoms with E-state index in [0.29, 0.717) is 11.3 Å². The number of hydrogen-bond donors (Lipinski definition) is 1. The van der Waals surface area contributed by atoms with E-state index in [0.717, 1.165) is 49.0 Å². The molecule has 1 amide bonds. The molecule has 0 spiro atoms. The first-order valence-electron chi connectivity index (χ1n) is 9.28. The number of nitrogens with one attached hydrogen (secondary N) is 1. The van der Waals surface area contributed by atoms with Crippen molar-refractivity contribution in [1.29, 1.82) is 0 Å². The molecule has 6 heteroatoms. The van der Waals surface area contributed by atoms with Gasteiger partial charge in [0.1, 0.15) is 0 Å². The number of benzene rings is 2. The third-order valence-corrected chi connectivity index (χ3v) is 6.61. The van der Waals surface area contributed by atoms with Crippen LogP contribution in [-0.2, 0) is 10.0 Å². The van der Waals surface area contributed by atoms with Crippen molar-refractivity contribution in [2.75, 3.05) is 17.8 Å². The average Bonchev–Trinajstić information content (AvgIpc) is 2.66. The minimum Gasteiger partial charge on any atom is -0.339 e. The molecule has 0 aliphatic carbocycles. The molecule has 27 heavy (non-hydrogen) atoms. The van der Waals surface area contributed by atoms with Crippen LogP contribution in [-0.4, -0.2) is 32.3 Å². The van der Waals surface area contributed by atoms with Crippen LogP contribution in [0, 0.1) is 20.8 Å². The van der Waals surface area contributed by atoms with Crippen LogP contribution in [0.2, 0.25) is 0 Å². The van der Waals surface area contributed by atoms with Crippen molar-refractivity contribution >= 4 is 21.6 Å². The van der Waals surface area contributed by atoms with Crippen molar-refractivity contribution in [3.63, 3.8) is 0 Å². The first kappa shape index (κ1) is 19.4. The Morgan fingerprint density at radius 2 is 1.67 bits per heavy atom. The Morgan fingerprint density at radius 1 is 0.963 bits per heavy atom. The largest absolute Gasteiger partial charge is 0.339 e. The molecule has 3 rings (SSSR count). The Labute approximate surface area is 161 Å². The first-order chi connectivity index (χ1) is 12.8. The van der Waals surface area contributed by atoms with Gasteiger partial charge in [-0.1, -0.05) is 18.2 Å². The van der Waals surface area contributed by atoms with E-state index in [1.54, 1.807) is 18.2 Å². The molecular weight excluding hydrogens is 360 g/mol. The van der Waals surface area contributed by atoms with Crippen molar-refractivity contribution in [3.8, 4) is 0 Å². The number of piperidine rings is 1. The Hall–Kier alpha value is -2.34. The number of likely N-dealkylation sites (tertiary alicyclic amines) is 1. The normalized spacial score (nSPS) is 14.9. The highest BCUT2D eigenvalue weighted by Gasteiger charge is 2.23. The zero-order valence-corrected chi connectivity index (χ0v) is 16.9. The van der Waals surface area contributed by atoms with Gasteiger partial charge in [-0.3, -0.25) is 9.52 Å². The smallest absolute Gasteiger partial charge is 0.261 e. The van der Waals surface area contributed by atoms with Crippen molar-refractivity contribution in [1.82, 2.24) is 4.90 Å². The number of carbonyl (C=O) groups is 1. The third kappa shape index (κ3) is 4.16. The van der Waals surface area contributed by atoms with Gasteiger partial charge in [0, 0.05) is 18.7 Å². The molecule has 1 aliphatic rings. The molecular formula is C21H26N2O3S. The summed E-state index contributed by atoms with van der Waals surface area (Å²) in [5.41, 5.74) is 3.70. The van der Waals surface area contributed by atoms with Crippen LogP contribution in [0.4, 0.5) is 5.69 Å². The van der Waals surface area contributed by atoms with Crippen LogP contribution >= 0.6 is 0 Å². The van der Waals surface area contributed by atoms with E-state index in [9.17, 15) is 13.2 Å². The number of anilines is 1. The summed E-state index contributed by atoms with van der Waals surface area (Å²) in [7, 11) is -3.78. The summed E-state index contributed by atoms with van der Waals surface area (Å²) in [5, 5.41) is 0. The topological polar surface area (TPSA) is 66.5 Å². The van der Waals surface area contributed by atoms with Gasteiger partial charge in [0.05, 0.1) is 10.6 Å². The number of aryl methyl sites for hydroxylation is 2. The zero-order chi connectivity index (χ0) is 19.6. The summed E-state index contributed by atoms with van der Waals surface area (Å²) in [4.78, 5) is 14.8. The molecule has 0 radical (unpaired) electrons. The summed E-state index contributed by atoms with van der Waals surface area (Å²) in [6, 6.07) is 10.3. The highest BCUT2D eigenvalue weighted by atomic mass is 32.2. The van der Waals surface area contributed by atoms with E-state index < -0.39 is 10.0 Å². The highest BCUT2D eigenvalue weighted by molar-refractivity contribution is 7.92. The second-order valence-corrected chi connectivity index (χ2v) is 8.86. The van der Waals surface area contributed by atoms with Crippen LogP contribution in [0.5, 0.6) is 0 Å². The predicted molar refractivity (Wildman–Crippen MR) is 108 cm³/mol. The van der Waals surface area contributed by atoms with Crippen molar-refractivity contribution in [2.24, 2.45) is 0 Å². The minimum atomic E-state index is -3.78. The second-order valence-electron chi connectivity index (χ2n) is 7.18. The molecule has 0 saturated carbocycles. The Balaban J connectivity index is 1.92. The summed E-state index contributed by atoms with van der Waals surface area (Å²) in [6.07, 6.45) is 3.13. The second kappa shape index (κ2) is 7.72. The summed E-state index contributed by atoms with van der Waals surface area (Å²) in [6.45, 7) is 7.12. The molecule has 0 bridgehead atoms. The Kier molecular flexibility index (Phi) is 5.56. The maximum atomic E-state index is 12.9. The molecule has 1 fully saturated rings. The molecule has 2 aromatic rings. The fraction of sp³-hybridized carbons (Fsp3) is 0.381. The van der Waals surface area contributed by atoms with Crippen LogP contribution < -0.4 is 4.72 Å². The van der Waals surface area contributed by atoms with Gasteiger partial charge < -0.3 is 4.90 Å². The third-order valence-electron chi connectivity index (χ3n) is 5.24. The van der Waals surface area contributed by atoms with Crippen LogP contribution in [0.25, 0.3) is 0 Å². The van der Waals surface area contributed by atoms with Gasteiger partial charge in [-0.15, -0.1) is 0 Å². The average molecular weight is 387 g/mol. The molecule has 0 atom stereocenters. The van der Waals surface area contributed by atoms with Crippen molar-refractivity contribution in [3.05, 3.63) is 58.7 Å². The highest BCUT2D eigenvalue weighted by Crippen LogP contribution is 2.24. The standard InChI is InChI=1S/C21H26N2O3S/c1-15-8-7-9-20(17(15)3)22-27(25,26)18-11-10-16(2)19(14-18)21(24)23-12-5-4-6-13-23/h7-11,14,22H,4-6,12-13H2,1-3H3. The fourth-order valence-electron chi connectivity index (χ4n) is 3.33. The lowest BCUT2D eigenvalue weighted by molar-refractivity contribution is 0.0723. The lowest BCUT2D eigenvalue weighted by Gasteiger charge is -2.27. The molecule has 1 heterocycles. The van der Waals surface area contributed by atoms with Crippen LogP contribution in [0.1, 0.15) is 46.3 Å². The fourth-order valence-corrected chi connectivity index (χ4v) is 4.48. The lowest BCUT2D eigenvalue weighted by Crippen LogP contribution is -2.36. The Bertz CT molecular complexity index is 961. The summed E-state index contributed by atoms with van der Waals surface area (Å²) >= 11 is 0. The number of hydrogen-bond acceptors (Lipinski definition) is 3. The van der Waals surface area contributed by atoms with E-state index in [2.05, 4.69) is 4.72 Å². The molecule has 1 aliphatic heterocycles. The quantitative estimate of drug-likeness (QED) is 0.862. The van der Waals surface area contributed by atoms with Crippen molar-refractivity contribution < 1.29 is 13.2 Å². The number of carbonyl (C=O) groups excluding carboxylic acids is 1. The molecule has 144 valence electrons. The van der Waals surface area contributed by atoms with Gasteiger partial charge in [-0.05, 0) is 74.9 Å². The van der Waals surface area contributed by atoms with E-state index in [1.807, 2.05) is 37.8 Å². The predicted octanol–water partition coefficient (Wildman–Crippen LogP) is 4.04. The SMILES string of the molecule is Cc1ccc(S(=O)(=O)Nc2cccc(C)c2C)cc1C(=O)N1CCCCC1. The maximum absolute atomic E-state index is 12.9. The summed E-state index contributed by atoms with van der Waals surface area (Å²) in [5.74, 6) is -0.0870. The molecule has 1 N–H and O–H groups in total. The van der Waals surface area contributed by atoms with Gasteiger partial charge >= 0.3 is 0 Å². The van der Waals surface area contributed by atoms with Gasteiger partial charge in [0.25, 0.3) is 15.9 Å².